The highest BCUT2D eigenvalue weighted by Gasteiger charge is 2.08. The molecule has 1 N–H and O–H groups in total. The van der Waals surface area contributed by atoms with Crippen molar-refractivity contribution in [2.24, 2.45) is 0 Å². The maximum absolute atomic E-state index is 12.5. The number of nitrogens with zero attached hydrogens (tertiary/aromatic N) is 4. The first-order valence-corrected chi connectivity index (χ1v) is 10.3. The molecule has 8 heteroatoms. The van der Waals surface area contributed by atoms with Crippen molar-refractivity contribution in [3.05, 3.63) is 83.0 Å². The number of amides is 1. The molecule has 1 amide bonds. The second kappa shape index (κ2) is 7.57. The molecule has 0 aliphatic carbocycles. The number of hydrogen-bond acceptors (Lipinski definition) is 5. The van der Waals surface area contributed by atoms with Crippen molar-refractivity contribution >= 4 is 38.8 Å². The van der Waals surface area contributed by atoms with Crippen LogP contribution in [0.5, 0.6) is 0 Å². The number of thiazole rings is 1. The minimum atomic E-state index is -0.162. The van der Waals surface area contributed by atoms with Crippen LogP contribution in [0.2, 0.25) is 0 Å². The second-order valence-electron chi connectivity index (χ2n) is 6.85. The Balaban J connectivity index is 1.24. The molecule has 0 radical (unpaired) electrons. The van der Waals surface area contributed by atoms with Gasteiger partial charge in [-0.15, -0.1) is 11.3 Å². The molecule has 0 unspecified atom stereocenters. The Bertz CT molecular complexity index is 1390. The molecule has 0 spiro atoms. The van der Waals surface area contributed by atoms with Gasteiger partial charge in [0.15, 0.2) is 4.96 Å². The lowest BCUT2D eigenvalue weighted by Crippen LogP contribution is -2.23. The lowest BCUT2D eigenvalue weighted by Gasteiger charge is -2.08. The van der Waals surface area contributed by atoms with Gasteiger partial charge in [-0.1, -0.05) is 24.3 Å². The average Bonchev–Trinajstić information content (AvgIpc) is 3.36. The number of aryl methyl sites for hydroxylation is 1. The van der Waals surface area contributed by atoms with E-state index in [0.29, 0.717) is 16.6 Å². The first-order valence-electron chi connectivity index (χ1n) is 9.44. The summed E-state index contributed by atoms with van der Waals surface area (Å²) < 4.78 is 3.45. The molecular formula is C22H17N5O2S. The summed E-state index contributed by atoms with van der Waals surface area (Å²) >= 11 is 1.59. The number of anilines is 1. The van der Waals surface area contributed by atoms with E-state index in [0.717, 1.165) is 16.2 Å². The number of para-hydroxylation sites is 1. The first kappa shape index (κ1) is 18.3. The SMILES string of the molecule is O=C(CCn1cnc2ccccc2c1=O)Nc1ccc(-c2cn3ccsc3n2)cc1. The summed E-state index contributed by atoms with van der Waals surface area (Å²) in [6.07, 6.45) is 5.62. The number of rotatable bonds is 5. The number of benzene rings is 2. The van der Waals surface area contributed by atoms with Gasteiger partial charge in [0.1, 0.15) is 0 Å². The first-order chi connectivity index (χ1) is 14.7. The van der Waals surface area contributed by atoms with Crippen LogP contribution < -0.4 is 10.9 Å². The van der Waals surface area contributed by atoms with Crippen LogP contribution in [0.4, 0.5) is 5.69 Å². The van der Waals surface area contributed by atoms with E-state index in [4.69, 9.17) is 0 Å². The molecule has 0 bridgehead atoms. The zero-order valence-corrected chi connectivity index (χ0v) is 16.7. The molecule has 0 atom stereocenters. The fraction of sp³-hybridized carbons (Fsp3) is 0.0909. The van der Waals surface area contributed by atoms with E-state index in [1.165, 1.54) is 10.9 Å². The third kappa shape index (κ3) is 3.48. The van der Waals surface area contributed by atoms with Crippen molar-refractivity contribution < 1.29 is 4.79 Å². The van der Waals surface area contributed by atoms with E-state index >= 15 is 0 Å². The van der Waals surface area contributed by atoms with Crippen LogP contribution in [0.25, 0.3) is 27.1 Å². The highest BCUT2D eigenvalue weighted by molar-refractivity contribution is 7.15. The second-order valence-corrected chi connectivity index (χ2v) is 7.73. The summed E-state index contributed by atoms with van der Waals surface area (Å²) in [5.74, 6) is -0.162. The van der Waals surface area contributed by atoms with Crippen molar-refractivity contribution in [3.8, 4) is 11.3 Å². The number of imidazole rings is 1. The van der Waals surface area contributed by atoms with Crippen LogP contribution in [0, 0.1) is 0 Å². The molecule has 0 aliphatic rings. The zero-order valence-electron chi connectivity index (χ0n) is 15.9. The summed E-state index contributed by atoms with van der Waals surface area (Å²) in [5.41, 5.74) is 3.09. The van der Waals surface area contributed by atoms with Crippen molar-refractivity contribution in [3.63, 3.8) is 0 Å². The van der Waals surface area contributed by atoms with Gasteiger partial charge in [-0.25, -0.2) is 9.97 Å². The van der Waals surface area contributed by atoms with Crippen LogP contribution in [0.15, 0.2) is 77.4 Å². The fourth-order valence-corrected chi connectivity index (χ4v) is 4.00. The Morgan fingerprint density at radius 2 is 1.93 bits per heavy atom. The molecule has 0 saturated carbocycles. The average molecular weight is 415 g/mol. The van der Waals surface area contributed by atoms with Gasteiger partial charge < -0.3 is 5.32 Å². The highest BCUT2D eigenvalue weighted by atomic mass is 32.1. The number of aromatic nitrogens is 4. The summed E-state index contributed by atoms with van der Waals surface area (Å²) in [5, 5.41) is 5.41. The Kier molecular flexibility index (Phi) is 4.61. The fourth-order valence-electron chi connectivity index (χ4n) is 3.30. The number of fused-ring (bicyclic) bond motifs is 2. The third-order valence-electron chi connectivity index (χ3n) is 4.87. The summed E-state index contributed by atoms with van der Waals surface area (Å²) in [7, 11) is 0. The number of nitrogens with one attached hydrogen (secondary N) is 1. The van der Waals surface area contributed by atoms with Crippen LogP contribution in [0.3, 0.4) is 0 Å². The molecule has 5 rings (SSSR count). The van der Waals surface area contributed by atoms with Crippen LogP contribution in [-0.2, 0) is 11.3 Å². The van der Waals surface area contributed by atoms with Gasteiger partial charge in [-0.2, -0.15) is 0 Å². The molecule has 0 aliphatic heterocycles. The van der Waals surface area contributed by atoms with E-state index in [9.17, 15) is 9.59 Å². The minimum Gasteiger partial charge on any atom is -0.326 e. The smallest absolute Gasteiger partial charge is 0.261 e. The quantitative estimate of drug-likeness (QED) is 0.473. The van der Waals surface area contributed by atoms with Crippen LogP contribution in [-0.4, -0.2) is 24.8 Å². The maximum atomic E-state index is 12.5. The maximum Gasteiger partial charge on any atom is 0.261 e. The molecule has 3 heterocycles. The van der Waals surface area contributed by atoms with Gasteiger partial charge >= 0.3 is 0 Å². The summed E-state index contributed by atoms with van der Waals surface area (Å²) in [6, 6.07) is 14.7. The topological polar surface area (TPSA) is 81.3 Å². The monoisotopic (exact) mass is 415 g/mol. The molecule has 30 heavy (non-hydrogen) atoms. The lowest BCUT2D eigenvalue weighted by molar-refractivity contribution is -0.116. The number of hydrogen-bond donors (Lipinski definition) is 1. The molecule has 148 valence electrons. The van der Waals surface area contributed by atoms with Crippen LogP contribution in [0.1, 0.15) is 6.42 Å². The van der Waals surface area contributed by atoms with Gasteiger partial charge in [0.2, 0.25) is 5.91 Å². The Morgan fingerprint density at radius 1 is 1.10 bits per heavy atom. The molecule has 0 fully saturated rings. The van der Waals surface area contributed by atoms with Gasteiger partial charge in [-0.3, -0.25) is 18.6 Å². The zero-order chi connectivity index (χ0) is 20.5. The van der Waals surface area contributed by atoms with E-state index < -0.39 is 0 Å². The molecule has 0 saturated heterocycles. The molecular weight excluding hydrogens is 398 g/mol. The Labute approximate surface area is 175 Å². The predicted octanol–water partition coefficient (Wildman–Crippen LogP) is 3.80. The lowest BCUT2D eigenvalue weighted by atomic mass is 10.1. The van der Waals surface area contributed by atoms with Crippen molar-refractivity contribution in [2.75, 3.05) is 5.32 Å². The predicted molar refractivity (Wildman–Crippen MR) is 118 cm³/mol. The van der Waals surface area contributed by atoms with Crippen LogP contribution >= 0.6 is 11.3 Å². The van der Waals surface area contributed by atoms with Crippen molar-refractivity contribution in [1.29, 1.82) is 0 Å². The van der Waals surface area contributed by atoms with E-state index in [2.05, 4.69) is 15.3 Å². The van der Waals surface area contributed by atoms with E-state index in [1.807, 2.05) is 52.5 Å². The largest absolute Gasteiger partial charge is 0.326 e. The molecule has 7 nitrogen and oxygen atoms in total. The van der Waals surface area contributed by atoms with E-state index in [1.54, 1.807) is 29.5 Å². The summed E-state index contributed by atoms with van der Waals surface area (Å²) in [6.45, 7) is 0.270. The summed E-state index contributed by atoms with van der Waals surface area (Å²) in [4.78, 5) is 34.6. The molecule has 2 aromatic carbocycles. The Hall–Kier alpha value is -3.78. The normalized spacial score (nSPS) is 11.2. The van der Waals surface area contributed by atoms with Crippen molar-refractivity contribution in [1.82, 2.24) is 18.9 Å². The van der Waals surface area contributed by atoms with E-state index in [-0.39, 0.29) is 24.4 Å². The van der Waals surface area contributed by atoms with Gasteiger partial charge in [-0.05, 0) is 24.3 Å². The minimum absolute atomic E-state index is 0.141. The Morgan fingerprint density at radius 3 is 2.77 bits per heavy atom. The van der Waals surface area contributed by atoms with Gasteiger partial charge in [0, 0.05) is 42.0 Å². The number of carbonyl (C=O) groups is 1. The van der Waals surface area contributed by atoms with Gasteiger partial charge in [0.05, 0.1) is 22.9 Å². The molecule has 5 aromatic rings. The van der Waals surface area contributed by atoms with Crippen molar-refractivity contribution in [2.45, 2.75) is 13.0 Å². The standard InChI is InChI=1S/C22H17N5O2S/c28-20(9-10-27-14-23-18-4-2-1-3-17(18)21(27)29)24-16-7-5-15(6-8-16)19-13-26-11-12-30-22(26)25-19/h1-8,11-14H,9-10H2,(H,24,28). The third-order valence-corrected chi connectivity index (χ3v) is 5.64. The van der Waals surface area contributed by atoms with Gasteiger partial charge in [0.25, 0.3) is 5.56 Å². The highest BCUT2D eigenvalue weighted by Crippen LogP contribution is 2.23. The molecule has 3 aromatic heterocycles. The number of carbonyl (C=O) groups excluding carboxylic acids is 1.